The van der Waals surface area contributed by atoms with E-state index in [-0.39, 0.29) is 5.78 Å². The standard InChI is InChI=1S/C17H22O4/c1-17(2)20-10-16(21-17)15(18)7-4-11-8-12-9-13(19-3)5-6-14(11)12/h5-6,9,11,16H,4,7-8,10H2,1-3H3/t11?,16-/m0/s1. The minimum Gasteiger partial charge on any atom is -0.497 e. The van der Waals surface area contributed by atoms with Crippen molar-refractivity contribution in [3.63, 3.8) is 0 Å². The van der Waals surface area contributed by atoms with Crippen LogP contribution >= 0.6 is 0 Å². The molecule has 0 aromatic heterocycles. The highest BCUT2D eigenvalue weighted by molar-refractivity contribution is 5.83. The average molecular weight is 290 g/mol. The molecule has 3 rings (SSSR count). The van der Waals surface area contributed by atoms with E-state index in [1.54, 1.807) is 7.11 Å². The van der Waals surface area contributed by atoms with Crippen molar-refractivity contribution in [3.05, 3.63) is 29.3 Å². The molecule has 4 heteroatoms. The molecule has 1 aliphatic carbocycles. The number of hydrogen-bond acceptors (Lipinski definition) is 4. The van der Waals surface area contributed by atoms with Crippen LogP contribution in [0.5, 0.6) is 5.75 Å². The number of carbonyl (C=O) groups is 1. The Hall–Kier alpha value is -1.39. The second-order valence-electron chi connectivity index (χ2n) is 6.29. The molecule has 0 N–H and O–H groups in total. The van der Waals surface area contributed by atoms with Crippen LogP contribution in [0.2, 0.25) is 0 Å². The molecule has 0 saturated carbocycles. The number of rotatable bonds is 5. The maximum Gasteiger partial charge on any atom is 0.164 e. The zero-order valence-corrected chi connectivity index (χ0v) is 12.8. The number of fused-ring (bicyclic) bond motifs is 1. The normalized spacial score (nSPS) is 26.0. The van der Waals surface area contributed by atoms with E-state index >= 15 is 0 Å². The minimum atomic E-state index is -0.625. The molecule has 0 spiro atoms. The fraction of sp³-hybridized carbons (Fsp3) is 0.588. The zero-order valence-electron chi connectivity index (χ0n) is 12.8. The maximum atomic E-state index is 12.2. The first-order valence-electron chi connectivity index (χ1n) is 7.50. The van der Waals surface area contributed by atoms with Crippen LogP contribution in [0.4, 0.5) is 0 Å². The molecule has 0 radical (unpaired) electrons. The van der Waals surface area contributed by atoms with Crippen molar-refractivity contribution in [2.45, 2.75) is 50.9 Å². The highest BCUT2D eigenvalue weighted by Gasteiger charge is 2.37. The molecule has 114 valence electrons. The molecule has 1 unspecified atom stereocenters. The summed E-state index contributed by atoms with van der Waals surface area (Å²) < 4.78 is 16.3. The van der Waals surface area contributed by atoms with E-state index in [0.717, 1.165) is 18.6 Å². The summed E-state index contributed by atoms with van der Waals surface area (Å²) in [6, 6.07) is 6.19. The van der Waals surface area contributed by atoms with Crippen LogP contribution in [0.25, 0.3) is 0 Å². The molecule has 4 nitrogen and oxygen atoms in total. The molecule has 1 saturated heterocycles. The summed E-state index contributed by atoms with van der Waals surface area (Å²) in [5, 5.41) is 0. The van der Waals surface area contributed by atoms with Crippen molar-refractivity contribution < 1.29 is 19.0 Å². The van der Waals surface area contributed by atoms with Gasteiger partial charge >= 0.3 is 0 Å². The molecular formula is C17H22O4. The topological polar surface area (TPSA) is 44.8 Å². The smallest absolute Gasteiger partial charge is 0.164 e. The second-order valence-corrected chi connectivity index (χ2v) is 6.29. The van der Waals surface area contributed by atoms with Gasteiger partial charge in [0.05, 0.1) is 13.7 Å². The Morgan fingerprint density at radius 1 is 1.43 bits per heavy atom. The van der Waals surface area contributed by atoms with E-state index in [1.807, 2.05) is 19.9 Å². The summed E-state index contributed by atoms with van der Waals surface area (Å²) in [6.07, 6.45) is 2.09. The van der Waals surface area contributed by atoms with Crippen molar-refractivity contribution in [2.75, 3.05) is 13.7 Å². The van der Waals surface area contributed by atoms with Gasteiger partial charge in [-0.1, -0.05) is 6.07 Å². The molecule has 21 heavy (non-hydrogen) atoms. The van der Waals surface area contributed by atoms with Gasteiger partial charge in [0, 0.05) is 6.42 Å². The fourth-order valence-electron chi connectivity index (χ4n) is 3.11. The van der Waals surface area contributed by atoms with Gasteiger partial charge in [-0.2, -0.15) is 0 Å². The van der Waals surface area contributed by atoms with Crippen molar-refractivity contribution in [3.8, 4) is 5.75 Å². The van der Waals surface area contributed by atoms with Crippen LogP contribution in [0.1, 0.15) is 43.7 Å². The van der Waals surface area contributed by atoms with Gasteiger partial charge < -0.3 is 14.2 Å². The first kappa shape index (κ1) is 14.5. The predicted molar refractivity (Wildman–Crippen MR) is 78.6 cm³/mol. The second kappa shape index (κ2) is 5.43. The molecule has 2 aliphatic rings. The largest absolute Gasteiger partial charge is 0.497 e. The number of ketones is 1. The Kier molecular flexibility index (Phi) is 3.76. The Balaban J connectivity index is 1.51. The average Bonchev–Trinajstić information content (AvgIpc) is 2.79. The van der Waals surface area contributed by atoms with Gasteiger partial charge in [0.2, 0.25) is 0 Å². The minimum absolute atomic E-state index is 0.155. The Morgan fingerprint density at radius 2 is 2.24 bits per heavy atom. The summed E-state index contributed by atoms with van der Waals surface area (Å²) in [5.41, 5.74) is 2.70. The Morgan fingerprint density at radius 3 is 2.86 bits per heavy atom. The Bertz CT molecular complexity index is 550. The quantitative estimate of drug-likeness (QED) is 0.836. The number of hydrogen-bond donors (Lipinski definition) is 0. The first-order valence-corrected chi connectivity index (χ1v) is 7.50. The lowest BCUT2D eigenvalue weighted by atomic mass is 9.75. The van der Waals surface area contributed by atoms with Crippen LogP contribution in [-0.2, 0) is 20.7 Å². The number of benzene rings is 1. The highest BCUT2D eigenvalue weighted by Crippen LogP contribution is 2.40. The third-order valence-corrected chi connectivity index (χ3v) is 4.36. The zero-order chi connectivity index (χ0) is 15.0. The SMILES string of the molecule is COc1ccc2c(c1)CC2CCC(=O)[C@@H]1COC(C)(C)O1. The summed E-state index contributed by atoms with van der Waals surface area (Å²) in [4.78, 5) is 12.2. The highest BCUT2D eigenvalue weighted by atomic mass is 16.7. The van der Waals surface area contributed by atoms with Crippen LogP contribution < -0.4 is 4.74 Å². The van der Waals surface area contributed by atoms with E-state index in [4.69, 9.17) is 14.2 Å². The lowest BCUT2D eigenvalue weighted by Crippen LogP contribution is -2.27. The summed E-state index contributed by atoms with van der Waals surface area (Å²) in [7, 11) is 1.68. The molecule has 0 bridgehead atoms. The predicted octanol–water partition coefficient (Wildman–Crippen LogP) is 2.84. The molecule has 1 aliphatic heterocycles. The lowest BCUT2D eigenvalue weighted by molar-refractivity contribution is -0.152. The molecule has 1 aromatic carbocycles. The van der Waals surface area contributed by atoms with E-state index in [1.165, 1.54) is 11.1 Å². The fourth-order valence-corrected chi connectivity index (χ4v) is 3.11. The summed E-state index contributed by atoms with van der Waals surface area (Å²) >= 11 is 0. The molecule has 1 aromatic rings. The van der Waals surface area contributed by atoms with Crippen LogP contribution in [0.15, 0.2) is 18.2 Å². The van der Waals surface area contributed by atoms with Gasteiger partial charge in [0.15, 0.2) is 11.6 Å². The molecule has 1 fully saturated rings. The first-order chi connectivity index (χ1) is 9.98. The van der Waals surface area contributed by atoms with Crippen molar-refractivity contribution in [1.29, 1.82) is 0 Å². The molecule has 2 atom stereocenters. The van der Waals surface area contributed by atoms with E-state index in [0.29, 0.717) is 18.9 Å². The maximum absolute atomic E-state index is 12.2. The molecule has 1 heterocycles. The van der Waals surface area contributed by atoms with E-state index in [2.05, 4.69) is 12.1 Å². The third-order valence-electron chi connectivity index (χ3n) is 4.36. The van der Waals surface area contributed by atoms with E-state index < -0.39 is 11.9 Å². The number of ether oxygens (including phenoxy) is 3. The van der Waals surface area contributed by atoms with Gasteiger partial charge in [0.25, 0.3) is 0 Å². The van der Waals surface area contributed by atoms with Gasteiger partial charge in [0.1, 0.15) is 11.9 Å². The Labute approximate surface area is 125 Å². The summed E-state index contributed by atoms with van der Waals surface area (Å²) in [6.45, 7) is 4.07. The van der Waals surface area contributed by atoms with Gasteiger partial charge in [-0.25, -0.2) is 0 Å². The number of Topliss-reactive ketones (excluding diaryl/α,β-unsaturated/α-hetero) is 1. The van der Waals surface area contributed by atoms with E-state index in [9.17, 15) is 4.79 Å². The third kappa shape index (κ3) is 2.97. The number of carbonyl (C=O) groups excluding carboxylic acids is 1. The van der Waals surface area contributed by atoms with Crippen molar-refractivity contribution in [1.82, 2.24) is 0 Å². The number of methoxy groups -OCH3 is 1. The van der Waals surface area contributed by atoms with Crippen LogP contribution in [0, 0.1) is 0 Å². The van der Waals surface area contributed by atoms with Crippen molar-refractivity contribution in [2.24, 2.45) is 0 Å². The van der Waals surface area contributed by atoms with Gasteiger partial charge in [-0.15, -0.1) is 0 Å². The van der Waals surface area contributed by atoms with Crippen LogP contribution in [-0.4, -0.2) is 31.4 Å². The summed E-state index contributed by atoms with van der Waals surface area (Å²) in [5.74, 6) is 0.926. The van der Waals surface area contributed by atoms with Gasteiger partial charge in [-0.3, -0.25) is 4.79 Å². The van der Waals surface area contributed by atoms with Crippen molar-refractivity contribution >= 4 is 5.78 Å². The van der Waals surface area contributed by atoms with Gasteiger partial charge in [-0.05, 0) is 55.9 Å². The molecular weight excluding hydrogens is 268 g/mol. The lowest BCUT2D eigenvalue weighted by Gasteiger charge is -2.30. The monoisotopic (exact) mass is 290 g/mol. The molecule has 0 amide bonds. The van der Waals surface area contributed by atoms with Crippen LogP contribution in [0.3, 0.4) is 0 Å².